The number of carbonyl (C=O) groups is 2. The van der Waals surface area contributed by atoms with Crippen molar-refractivity contribution in [2.24, 2.45) is 0 Å². The summed E-state index contributed by atoms with van der Waals surface area (Å²) in [5.74, 6) is -0.657. The second-order valence-corrected chi connectivity index (χ2v) is 17.2. The van der Waals surface area contributed by atoms with E-state index in [1.807, 2.05) is 0 Å². The molecule has 1 N–H and O–H groups in total. The van der Waals surface area contributed by atoms with Crippen molar-refractivity contribution in [3.8, 4) is 0 Å². The van der Waals surface area contributed by atoms with Crippen LogP contribution in [0.1, 0.15) is 206 Å². The van der Waals surface area contributed by atoms with Crippen LogP contribution in [0.3, 0.4) is 0 Å². The number of carbonyl (C=O) groups excluding carboxylic acids is 2. The monoisotopic (exact) mass is 935 g/mol. The Morgan fingerprint density at radius 3 is 0.912 bits per heavy atom. The first-order valence-corrected chi connectivity index (χ1v) is 27.0. The zero-order valence-electron chi connectivity index (χ0n) is 43.3. The van der Waals surface area contributed by atoms with Crippen LogP contribution in [0.15, 0.2) is 158 Å². The molecule has 5 nitrogen and oxygen atoms in total. The quantitative estimate of drug-likeness (QED) is 0.0374. The van der Waals surface area contributed by atoms with Gasteiger partial charge in [0.05, 0.1) is 6.61 Å². The fraction of sp³-hybridized carbons (Fsp3) is 0.556. The molecule has 1 unspecified atom stereocenters. The van der Waals surface area contributed by atoms with Crippen molar-refractivity contribution in [3.05, 3.63) is 158 Å². The van der Waals surface area contributed by atoms with Crippen molar-refractivity contribution < 1.29 is 24.2 Å². The van der Waals surface area contributed by atoms with Crippen LogP contribution in [0.2, 0.25) is 0 Å². The number of allylic oxidation sites excluding steroid dienone is 26. The molecule has 5 heteroatoms. The number of aliphatic hydroxyl groups excluding tert-OH is 1. The van der Waals surface area contributed by atoms with Crippen LogP contribution in [0.5, 0.6) is 0 Å². The second-order valence-electron chi connectivity index (χ2n) is 17.2. The normalized spacial score (nSPS) is 13.5. The van der Waals surface area contributed by atoms with E-state index in [-0.39, 0.29) is 25.2 Å². The lowest BCUT2D eigenvalue weighted by Gasteiger charge is -2.15. The molecule has 0 fully saturated rings. The molecule has 0 rings (SSSR count). The van der Waals surface area contributed by atoms with Gasteiger partial charge in [-0.25, -0.2) is 0 Å². The van der Waals surface area contributed by atoms with Gasteiger partial charge in [-0.1, -0.05) is 230 Å². The van der Waals surface area contributed by atoms with Crippen molar-refractivity contribution in [2.45, 2.75) is 213 Å². The lowest BCUT2D eigenvalue weighted by Crippen LogP contribution is -2.28. The average molecular weight is 935 g/mol. The van der Waals surface area contributed by atoms with Crippen molar-refractivity contribution in [1.29, 1.82) is 0 Å². The highest BCUT2D eigenvalue weighted by molar-refractivity contribution is 5.70. The maximum atomic E-state index is 12.3. The van der Waals surface area contributed by atoms with Crippen LogP contribution in [-0.4, -0.2) is 36.4 Å². The first kappa shape index (κ1) is 63.5. The van der Waals surface area contributed by atoms with Gasteiger partial charge in [-0.05, 0) is 122 Å². The standard InChI is InChI=1S/C63H98O5/c1-3-5-7-9-11-13-15-17-19-21-23-25-26-27-28-29-30-31-32-33-34-35-36-38-40-42-44-46-48-50-52-54-56-58-63(66)68-61(59-64)60-67-62(65)57-55-53-51-49-47-45-43-41-39-37-24-22-20-18-16-14-12-10-8-6-4-2/h5-8,11-14,17-20,23-25,27-28,30-31,33-34,37,41,43,47,49,61,64H,3-4,9-10,15-16,21-22,26,29,32,35-36,38-40,42,44-46,48,50-60H2,1-2H3/b7-5-,8-6-,13-11-,14-12-,19-17-,20-18-,25-23-,28-27-,31-30-,34-33-,37-24-,43-41-,49-47-. The van der Waals surface area contributed by atoms with Crippen LogP contribution < -0.4 is 0 Å². The molecule has 380 valence electrons. The van der Waals surface area contributed by atoms with E-state index in [1.54, 1.807) is 0 Å². The summed E-state index contributed by atoms with van der Waals surface area (Å²) in [5, 5.41) is 9.64. The van der Waals surface area contributed by atoms with Gasteiger partial charge >= 0.3 is 11.9 Å². The molecule has 0 heterocycles. The second kappa shape index (κ2) is 56.8. The summed E-state index contributed by atoms with van der Waals surface area (Å²) in [6.07, 6.45) is 87.7. The minimum absolute atomic E-state index is 0.100. The predicted octanol–water partition coefficient (Wildman–Crippen LogP) is 18.4. The summed E-state index contributed by atoms with van der Waals surface area (Å²) < 4.78 is 10.7. The van der Waals surface area contributed by atoms with Crippen molar-refractivity contribution in [3.63, 3.8) is 0 Å². The number of hydrogen-bond donors (Lipinski definition) is 1. The Morgan fingerprint density at radius 1 is 0.338 bits per heavy atom. The summed E-state index contributed by atoms with van der Waals surface area (Å²) in [5.41, 5.74) is 0. The molecule has 0 aromatic rings. The molecule has 0 amide bonds. The molecule has 68 heavy (non-hydrogen) atoms. The Kier molecular flexibility index (Phi) is 53.1. The summed E-state index contributed by atoms with van der Waals surface area (Å²) >= 11 is 0. The molecule has 0 aromatic carbocycles. The highest BCUT2D eigenvalue weighted by Gasteiger charge is 2.16. The van der Waals surface area contributed by atoms with Gasteiger partial charge in [-0.3, -0.25) is 9.59 Å². The Hall–Kier alpha value is -4.48. The van der Waals surface area contributed by atoms with Gasteiger partial charge in [0, 0.05) is 12.8 Å². The Morgan fingerprint density at radius 2 is 0.588 bits per heavy atom. The number of esters is 2. The summed E-state index contributed by atoms with van der Waals surface area (Å²) in [4.78, 5) is 24.5. The van der Waals surface area contributed by atoms with Gasteiger partial charge in [0.25, 0.3) is 0 Å². The van der Waals surface area contributed by atoms with Crippen molar-refractivity contribution in [2.75, 3.05) is 13.2 Å². The van der Waals surface area contributed by atoms with Crippen molar-refractivity contribution >= 4 is 11.9 Å². The highest BCUT2D eigenvalue weighted by atomic mass is 16.6. The van der Waals surface area contributed by atoms with Crippen LogP contribution in [-0.2, 0) is 19.1 Å². The molecule has 1 atom stereocenters. The first-order valence-electron chi connectivity index (χ1n) is 27.0. The summed E-state index contributed by atoms with van der Waals surface area (Å²) in [7, 11) is 0. The number of rotatable bonds is 47. The van der Waals surface area contributed by atoms with E-state index in [9.17, 15) is 14.7 Å². The molecular weight excluding hydrogens is 837 g/mol. The smallest absolute Gasteiger partial charge is 0.306 e. The average Bonchev–Trinajstić information content (AvgIpc) is 3.34. The van der Waals surface area contributed by atoms with E-state index < -0.39 is 6.10 Å². The van der Waals surface area contributed by atoms with Crippen LogP contribution in [0.4, 0.5) is 0 Å². The van der Waals surface area contributed by atoms with Crippen molar-refractivity contribution in [1.82, 2.24) is 0 Å². The third-order valence-corrected chi connectivity index (χ3v) is 10.8. The van der Waals surface area contributed by atoms with Crippen LogP contribution in [0.25, 0.3) is 0 Å². The van der Waals surface area contributed by atoms with Crippen LogP contribution in [0, 0.1) is 0 Å². The first-order chi connectivity index (χ1) is 33.6. The van der Waals surface area contributed by atoms with Gasteiger partial charge in [-0.15, -0.1) is 0 Å². The number of ether oxygens (including phenoxy) is 2. The lowest BCUT2D eigenvalue weighted by atomic mass is 10.0. The van der Waals surface area contributed by atoms with Gasteiger partial charge in [0.1, 0.15) is 6.61 Å². The molecule has 0 bridgehead atoms. The van der Waals surface area contributed by atoms with E-state index >= 15 is 0 Å². The maximum absolute atomic E-state index is 12.3. The number of unbranched alkanes of at least 4 members (excludes halogenated alkanes) is 13. The number of aliphatic hydroxyl groups is 1. The maximum Gasteiger partial charge on any atom is 0.306 e. The topological polar surface area (TPSA) is 72.8 Å². The minimum atomic E-state index is -0.805. The van der Waals surface area contributed by atoms with E-state index in [2.05, 4.69) is 172 Å². The van der Waals surface area contributed by atoms with Gasteiger partial charge in [0.15, 0.2) is 6.10 Å². The minimum Gasteiger partial charge on any atom is -0.462 e. The molecule has 0 aliphatic rings. The molecule has 0 saturated carbocycles. The molecule has 0 aliphatic carbocycles. The van der Waals surface area contributed by atoms with Gasteiger partial charge in [-0.2, -0.15) is 0 Å². The third kappa shape index (κ3) is 54.1. The molecule has 0 aliphatic heterocycles. The van der Waals surface area contributed by atoms with Gasteiger partial charge < -0.3 is 14.6 Å². The van der Waals surface area contributed by atoms with Crippen LogP contribution >= 0.6 is 0 Å². The fourth-order valence-electron chi connectivity index (χ4n) is 6.83. The van der Waals surface area contributed by atoms with E-state index in [0.29, 0.717) is 12.8 Å². The summed E-state index contributed by atoms with van der Waals surface area (Å²) in [6.45, 7) is 3.86. The zero-order chi connectivity index (χ0) is 49.2. The molecule has 0 radical (unpaired) electrons. The van der Waals surface area contributed by atoms with Gasteiger partial charge in [0.2, 0.25) is 0 Å². The Labute approximate surface area is 418 Å². The molecule has 0 spiro atoms. The summed E-state index contributed by atoms with van der Waals surface area (Å²) in [6, 6.07) is 0. The van der Waals surface area contributed by atoms with E-state index in [1.165, 1.54) is 57.8 Å². The Bertz CT molecular complexity index is 1520. The highest BCUT2D eigenvalue weighted by Crippen LogP contribution is 2.14. The fourth-order valence-corrected chi connectivity index (χ4v) is 6.83. The number of hydrogen-bond acceptors (Lipinski definition) is 5. The predicted molar refractivity (Wildman–Crippen MR) is 297 cm³/mol. The molecular formula is C63H98O5. The SMILES string of the molecule is CC/C=C\C/C=C\C/C=C\C/C=C\C/C=C\C/C=C\C/C=C\CCCCCCCCCCCCCC(=O)OC(CO)COC(=O)CCCC/C=C\C/C=C\C/C=C\C/C=C\C/C=C\C/C=C\CC. The lowest BCUT2D eigenvalue weighted by molar-refractivity contribution is -0.161. The molecule has 0 aromatic heterocycles. The van der Waals surface area contributed by atoms with E-state index in [0.717, 1.165) is 122 Å². The third-order valence-electron chi connectivity index (χ3n) is 10.8. The molecule has 0 saturated heterocycles. The largest absolute Gasteiger partial charge is 0.462 e. The zero-order valence-corrected chi connectivity index (χ0v) is 43.3. The Balaban J connectivity index is 3.63. The van der Waals surface area contributed by atoms with E-state index in [4.69, 9.17) is 9.47 Å².